The third-order valence-electron chi connectivity index (χ3n) is 3.14. The maximum absolute atomic E-state index is 8.38. The van der Waals surface area contributed by atoms with Gasteiger partial charge in [0.1, 0.15) is 0 Å². The van der Waals surface area contributed by atoms with Crippen LogP contribution in [0.2, 0.25) is 0 Å². The van der Waals surface area contributed by atoms with Gasteiger partial charge in [-0.3, -0.25) is 0 Å². The molecule has 0 radical (unpaired) electrons. The molecular weight excluding hydrogens is 200 g/mol. The van der Waals surface area contributed by atoms with Crippen molar-refractivity contribution in [2.24, 2.45) is 5.11 Å². The van der Waals surface area contributed by atoms with Crippen LogP contribution in [0.15, 0.2) is 29.4 Å². The van der Waals surface area contributed by atoms with Crippen LogP contribution in [-0.2, 0) is 6.54 Å². The Labute approximate surface area is 95.3 Å². The van der Waals surface area contributed by atoms with Gasteiger partial charge in [0.15, 0.2) is 0 Å². The molecule has 1 heterocycles. The van der Waals surface area contributed by atoms with Crippen LogP contribution in [0.1, 0.15) is 29.9 Å². The van der Waals surface area contributed by atoms with Gasteiger partial charge in [-0.15, -0.1) is 0 Å². The van der Waals surface area contributed by atoms with Crippen molar-refractivity contribution < 1.29 is 0 Å². The summed E-state index contributed by atoms with van der Waals surface area (Å²) in [5, 5.41) is 7.03. The molecule has 1 aliphatic rings. The lowest BCUT2D eigenvalue weighted by Crippen LogP contribution is -2.27. The minimum absolute atomic E-state index is 0.469. The van der Waals surface area contributed by atoms with Crippen molar-refractivity contribution in [2.45, 2.75) is 25.3 Å². The van der Waals surface area contributed by atoms with Crippen LogP contribution in [0.25, 0.3) is 10.4 Å². The van der Waals surface area contributed by atoms with Gasteiger partial charge >= 0.3 is 0 Å². The molecule has 0 aromatic heterocycles. The number of piperidine rings is 1. The fourth-order valence-corrected chi connectivity index (χ4v) is 2.32. The topological polar surface area (TPSA) is 60.8 Å². The van der Waals surface area contributed by atoms with Gasteiger partial charge in [0, 0.05) is 4.91 Å². The molecule has 1 aromatic carbocycles. The Morgan fingerprint density at radius 2 is 2.06 bits per heavy atom. The van der Waals surface area contributed by atoms with E-state index in [-0.39, 0.29) is 0 Å². The van der Waals surface area contributed by atoms with E-state index in [2.05, 4.69) is 33.5 Å². The summed E-state index contributed by atoms with van der Waals surface area (Å²) in [5.41, 5.74) is 10.9. The van der Waals surface area contributed by atoms with Crippen molar-refractivity contribution in [3.8, 4) is 0 Å². The lowest BCUT2D eigenvalue weighted by atomic mass is 9.87. The molecule has 4 heteroatoms. The molecular formula is C12H16N4. The van der Waals surface area contributed by atoms with Crippen molar-refractivity contribution in [3.05, 3.63) is 45.8 Å². The van der Waals surface area contributed by atoms with E-state index in [1.54, 1.807) is 0 Å². The van der Waals surface area contributed by atoms with Gasteiger partial charge in [0.2, 0.25) is 0 Å². The number of hydrogen-bond acceptors (Lipinski definition) is 2. The number of nitrogens with zero attached hydrogens (tertiary/aromatic N) is 3. The fraction of sp³-hybridized carbons (Fsp3) is 0.500. The van der Waals surface area contributed by atoms with E-state index in [1.807, 2.05) is 6.07 Å². The lowest BCUT2D eigenvalue weighted by molar-refractivity contribution is 0.458. The molecule has 1 aliphatic heterocycles. The molecule has 0 spiro atoms. The zero-order valence-electron chi connectivity index (χ0n) is 9.26. The Bertz CT molecular complexity index is 390. The third kappa shape index (κ3) is 2.54. The standard InChI is InChI=1S/C12H16N4/c13-16-15-9-11-3-1-2-4-12(11)10-5-7-14-8-6-10/h1-4,10,14H,5-9H2. The number of benzene rings is 1. The molecule has 1 aromatic rings. The van der Waals surface area contributed by atoms with Crippen molar-refractivity contribution >= 4 is 0 Å². The minimum atomic E-state index is 0.469. The van der Waals surface area contributed by atoms with Crippen LogP contribution in [0, 0.1) is 0 Å². The Kier molecular flexibility index (Phi) is 3.81. The molecule has 0 amide bonds. The predicted octanol–water partition coefficient (Wildman–Crippen LogP) is 2.96. The predicted molar refractivity (Wildman–Crippen MR) is 64.1 cm³/mol. The first-order chi connectivity index (χ1) is 7.92. The summed E-state index contributed by atoms with van der Waals surface area (Å²) in [6.07, 6.45) is 2.35. The second kappa shape index (κ2) is 5.54. The van der Waals surface area contributed by atoms with Crippen LogP contribution in [0.4, 0.5) is 0 Å². The van der Waals surface area contributed by atoms with Gasteiger partial charge in [0.05, 0.1) is 6.54 Å². The average Bonchev–Trinajstić information content (AvgIpc) is 2.38. The van der Waals surface area contributed by atoms with Gasteiger partial charge in [-0.2, -0.15) is 0 Å². The molecule has 0 bridgehead atoms. The first kappa shape index (κ1) is 11.0. The highest BCUT2D eigenvalue weighted by atomic mass is 15.1. The van der Waals surface area contributed by atoms with Crippen molar-refractivity contribution in [3.63, 3.8) is 0 Å². The molecule has 0 aliphatic carbocycles. The first-order valence-electron chi connectivity index (χ1n) is 5.71. The molecule has 1 fully saturated rings. The molecule has 16 heavy (non-hydrogen) atoms. The van der Waals surface area contributed by atoms with Crippen LogP contribution in [0.3, 0.4) is 0 Å². The monoisotopic (exact) mass is 216 g/mol. The van der Waals surface area contributed by atoms with Gasteiger partial charge in [-0.05, 0) is 48.5 Å². The zero-order valence-corrected chi connectivity index (χ0v) is 9.26. The van der Waals surface area contributed by atoms with Crippen LogP contribution < -0.4 is 5.32 Å². The van der Waals surface area contributed by atoms with Crippen LogP contribution in [0.5, 0.6) is 0 Å². The Hall–Kier alpha value is -1.51. The summed E-state index contributed by atoms with van der Waals surface area (Å²) < 4.78 is 0. The van der Waals surface area contributed by atoms with Crippen LogP contribution in [-0.4, -0.2) is 13.1 Å². The van der Waals surface area contributed by atoms with Crippen molar-refractivity contribution in [1.82, 2.24) is 5.32 Å². The number of nitrogens with one attached hydrogen (secondary N) is 1. The smallest absolute Gasteiger partial charge is 0.0513 e. The zero-order chi connectivity index (χ0) is 11.2. The van der Waals surface area contributed by atoms with E-state index >= 15 is 0 Å². The summed E-state index contributed by atoms with van der Waals surface area (Å²) in [7, 11) is 0. The van der Waals surface area contributed by atoms with E-state index in [0.717, 1.165) is 13.1 Å². The summed E-state index contributed by atoms with van der Waals surface area (Å²) in [4.78, 5) is 2.83. The largest absolute Gasteiger partial charge is 0.317 e. The quantitative estimate of drug-likeness (QED) is 0.471. The second-order valence-corrected chi connectivity index (χ2v) is 4.11. The molecule has 1 saturated heterocycles. The normalized spacial score (nSPS) is 16.8. The molecule has 1 N–H and O–H groups in total. The highest BCUT2D eigenvalue weighted by Crippen LogP contribution is 2.28. The SMILES string of the molecule is [N-]=[N+]=NCc1ccccc1C1CCNCC1. The van der Waals surface area contributed by atoms with E-state index in [0.29, 0.717) is 12.5 Å². The molecule has 0 saturated carbocycles. The van der Waals surface area contributed by atoms with E-state index < -0.39 is 0 Å². The fourth-order valence-electron chi connectivity index (χ4n) is 2.32. The van der Waals surface area contributed by atoms with Crippen LogP contribution >= 0.6 is 0 Å². The van der Waals surface area contributed by atoms with Gasteiger partial charge in [0.25, 0.3) is 0 Å². The number of hydrogen-bond donors (Lipinski definition) is 1. The molecule has 2 rings (SSSR count). The van der Waals surface area contributed by atoms with E-state index in [1.165, 1.54) is 24.0 Å². The molecule has 0 atom stereocenters. The summed E-state index contributed by atoms with van der Waals surface area (Å²) >= 11 is 0. The summed E-state index contributed by atoms with van der Waals surface area (Å²) in [6.45, 7) is 2.64. The third-order valence-corrected chi connectivity index (χ3v) is 3.14. The van der Waals surface area contributed by atoms with E-state index in [4.69, 9.17) is 5.53 Å². The summed E-state index contributed by atoms with van der Waals surface area (Å²) in [5.74, 6) is 0.617. The lowest BCUT2D eigenvalue weighted by Gasteiger charge is -2.24. The van der Waals surface area contributed by atoms with Crippen molar-refractivity contribution in [1.29, 1.82) is 0 Å². The number of rotatable bonds is 3. The van der Waals surface area contributed by atoms with Gasteiger partial charge in [-0.1, -0.05) is 29.4 Å². The average molecular weight is 216 g/mol. The Morgan fingerprint density at radius 1 is 1.31 bits per heavy atom. The Morgan fingerprint density at radius 3 is 2.81 bits per heavy atom. The number of azide groups is 1. The minimum Gasteiger partial charge on any atom is -0.317 e. The summed E-state index contributed by atoms with van der Waals surface area (Å²) in [6, 6.07) is 8.30. The molecule has 84 valence electrons. The van der Waals surface area contributed by atoms with Crippen molar-refractivity contribution in [2.75, 3.05) is 13.1 Å². The van der Waals surface area contributed by atoms with E-state index in [9.17, 15) is 0 Å². The highest BCUT2D eigenvalue weighted by molar-refractivity contribution is 5.30. The maximum atomic E-state index is 8.38. The molecule has 0 unspecified atom stereocenters. The first-order valence-corrected chi connectivity index (χ1v) is 5.71. The highest BCUT2D eigenvalue weighted by Gasteiger charge is 2.17. The van der Waals surface area contributed by atoms with Gasteiger partial charge < -0.3 is 5.32 Å². The maximum Gasteiger partial charge on any atom is 0.0513 e. The second-order valence-electron chi connectivity index (χ2n) is 4.11. The van der Waals surface area contributed by atoms with Gasteiger partial charge in [-0.25, -0.2) is 0 Å². The Balaban J connectivity index is 2.20. The molecule has 4 nitrogen and oxygen atoms in total.